The zero-order valence-corrected chi connectivity index (χ0v) is 10.6. The van der Waals surface area contributed by atoms with E-state index < -0.39 is 0 Å². The molecule has 1 fully saturated rings. The van der Waals surface area contributed by atoms with Crippen LogP contribution in [0.5, 0.6) is 0 Å². The molecule has 0 aromatic heterocycles. The van der Waals surface area contributed by atoms with E-state index in [0.29, 0.717) is 12.5 Å². The molecule has 2 N–H and O–H groups in total. The van der Waals surface area contributed by atoms with Crippen LogP contribution in [0.15, 0.2) is 0 Å². The van der Waals surface area contributed by atoms with Crippen molar-refractivity contribution in [1.29, 1.82) is 0 Å². The Bertz CT molecular complexity index is 262. The van der Waals surface area contributed by atoms with E-state index in [2.05, 4.69) is 15.4 Å². The van der Waals surface area contributed by atoms with Gasteiger partial charge in [0.1, 0.15) is 0 Å². The molecule has 0 saturated carbocycles. The molecule has 0 bridgehead atoms. The van der Waals surface area contributed by atoms with Crippen LogP contribution in [0.3, 0.4) is 0 Å². The Labute approximate surface area is 102 Å². The fraction of sp³-hybridized carbons (Fsp3) is 0.833. The molecular formula is C12H22N2O3. The van der Waals surface area contributed by atoms with Gasteiger partial charge in [-0.15, -0.1) is 0 Å². The predicted molar refractivity (Wildman–Crippen MR) is 64.5 cm³/mol. The zero-order chi connectivity index (χ0) is 12.7. The second-order valence-corrected chi connectivity index (χ2v) is 4.58. The van der Waals surface area contributed by atoms with Crippen LogP contribution < -0.4 is 10.6 Å². The van der Waals surface area contributed by atoms with Gasteiger partial charge in [0.15, 0.2) is 0 Å². The molecule has 0 aromatic rings. The van der Waals surface area contributed by atoms with Crippen molar-refractivity contribution in [3.63, 3.8) is 0 Å². The van der Waals surface area contributed by atoms with Gasteiger partial charge in [-0.2, -0.15) is 0 Å². The first-order chi connectivity index (χ1) is 8.11. The average Bonchev–Trinajstić information content (AvgIpc) is 2.78. The molecule has 1 heterocycles. The minimum absolute atomic E-state index is 0.00935. The van der Waals surface area contributed by atoms with E-state index in [1.807, 2.05) is 6.92 Å². The van der Waals surface area contributed by atoms with Crippen molar-refractivity contribution in [3.8, 4) is 0 Å². The van der Waals surface area contributed by atoms with Crippen molar-refractivity contribution >= 4 is 11.9 Å². The number of methoxy groups -OCH3 is 1. The molecule has 2 atom stereocenters. The highest BCUT2D eigenvalue weighted by Crippen LogP contribution is 2.10. The van der Waals surface area contributed by atoms with Crippen LogP contribution in [0.2, 0.25) is 0 Å². The van der Waals surface area contributed by atoms with Gasteiger partial charge >= 0.3 is 5.97 Å². The summed E-state index contributed by atoms with van der Waals surface area (Å²) in [6, 6.07) is 0.322. The molecule has 1 amide bonds. The van der Waals surface area contributed by atoms with E-state index >= 15 is 0 Å². The van der Waals surface area contributed by atoms with Crippen LogP contribution in [-0.4, -0.2) is 37.6 Å². The standard InChI is InChI=1S/C12H22N2O3/c1-9(8-12(16)17-2)14-11(15)6-5-10-4-3-7-13-10/h9-10,13H,3-8H2,1-2H3,(H,14,15). The third kappa shape index (κ3) is 5.68. The molecule has 5 heteroatoms. The average molecular weight is 242 g/mol. The minimum Gasteiger partial charge on any atom is -0.469 e. The van der Waals surface area contributed by atoms with Crippen LogP contribution in [0.4, 0.5) is 0 Å². The van der Waals surface area contributed by atoms with Crippen LogP contribution in [0.1, 0.15) is 39.0 Å². The number of ether oxygens (including phenoxy) is 1. The van der Waals surface area contributed by atoms with Crippen LogP contribution in [-0.2, 0) is 14.3 Å². The lowest BCUT2D eigenvalue weighted by Gasteiger charge is -2.14. The van der Waals surface area contributed by atoms with Gasteiger partial charge in [0.2, 0.25) is 5.91 Å². The molecule has 17 heavy (non-hydrogen) atoms. The Balaban J connectivity index is 2.12. The van der Waals surface area contributed by atoms with Crippen molar-refractivity contribution in [2.45, 2.75) is 51.1 Å². The Morgan fingerprint density at radius 2 is 2.29 bits per heavy atom. The first-order valence-electron chi connectivity index (χ1n) is 6.21. The topological polar surface area (TPSA) is 67.4 Å². The predicted octanol–water partition coefficient (Wildman–Crippen LogP) is 0.586. The fourth-order valence-corrected chi connectivity index (χ4v) is 2.04. The Morgan fingerprint density at radius 3 is 2.88 bits per heavy atom. The molecule has 0 aromatic carbocycles. The summed E-state index contributed by atoms with van der Waals surface area (Å²) in [5.74, 6) is -0.287. The maximum atomic E-state index is 11.6. The van der Waals surface area contributed by atoms with Gasteiger partial charge in [-0.1, -0.05) is 0 Å². The maximum absolute atomic E-state index is 11.6. The van der Waals surface area contributed by atoms with Crippen molar-refractivity contribution in [2.24, 2.45) is 0 Å². The molecule has 1 aliphatic heterocycles. The lowest BCUT2D eigenvalue weighted by molar-refractivity contribution is -0.141. The largest absolute Gasteiger partial charge is 0.469 e. The first-order valence-corrected chi connectivity index (χ1v) is 6.21. The van der Waals surface area contributed by atoms with Gasteiger partial charge in [0.25, 0.3) is 0 Å². The third-order valence-electron chi connectivity index (χ3n) is 2.99. The van der Waals surface area contributed by atoms with Gasteiger partial charge in [-0.3, -0.25) is 9.59 Å². The summed E-state index contributed by atoms with van der Waals surface area (Å²) in [5, 5.41) is 6.15. The number of nitrogens with one attached hydrogen (secondary N) is 2. The summed E-state index contributed by atoms with van der Waals surface area (Å²) < 4.78 is 4.54. The van der Waals surface area contributed by atoms with E-state index in [0.717, 1.165) is 19.4 Å². The van der Waals surface area contributed by atoms with Crippen molar-refractivity contribution in [2.75, 3.05) is 13.7 Å². The van der Waals surface area contributed by atoms with E-state index in [1.54, 1.807) is 0 Å². The smallest absolute Gasteiger partial charge is 0.307 e. The summed E-state index contributed by atoms with van der Waals surface area (Å²) in [4.78, 5) is 22.6. The molecule has 5 nitrogen and oxygen atoms in total. The Kier molecular flexibility index (Phi) is 5.97. The molecule has 1 rings (SSSR count). The molecule has 0 spiro atoms. The number of rotatable bonds is 6. The van der Waals surface area contributed by atoms with Crippen LogP contribution >= 0.6 is 0 Å². The van der Waals surface area contributed by atoms with E-state index in [-0.39, 0.29) is 24.3 Å². The number of esters is 1. The highest BCUT2D eigenvalue weighted by molar-refractivity contribution is 5.77. The number of carbonyl (C=O) groups is 2. The monoisotopic (exact) mass is 242 g/mol. The van der Waals surface area contributed by atoms with Crippen molar-refractivity contribution < 1.29 is 14.3 Å². The fourth-order valence-electron chi connectivity index (χ4n) is 2.04. The van der Waals surface area contributed by atoms with E-state index in [9.17, 15) is 9.59 Å². The highest BCUT2D eigenvalue weighted by Gasteiger charge is 2.16. The first kappa shape index (κ1) is 14.0. The molecule has 0 radical (unpaired) electrons. The molecule has 0 aliphatic carbocycles. The van der Waals surface area contributed by atoms with E-state index in [1.165, 1.54) is 13.5 Å². The Morgan fingerprint density at radius 1 is 1.53 bits per heavy atom. The van der Waals surface area contributed by atoms with Gasteiger partial charge in [-0.25, -0.2) is 0 Å². The number of carbonyl (C=O) groups excluding carboxylic acids is 2. The molecule has 2 unspecified atom stereocenters. The summed E-state index contributed by atoms with van der Waals surface area (Å²) in [7, 11) is 1.35. The van der Waals surface area contributed by atoms with Gasteiger partial charge < -0.3 is 15.4 Å². The Hall–Kier alpha value is -1.10. The number of hydrogen-bond donors (Lipinski definition) is 2. The lowest BCUT2D eigenvalue weighted by Crippen LogP contribution is -2.35. The van der Waals surface area contributed by atoms with Crippen molar-refractivity contribution in [3.05, 3.63) is 0 Å². The maximum Gasteiger partial charge on any atom is 0.307 e. The van der Waals surface area contributed by atoms with E-state index in [4.69, 9.17) is 0 Å². The third-order valence-corrected chi connectivity index (χ3v) is 2.99. The normalized spacial score (nSPS) is 20.9. The number of amides is 1. The van der Waals surface area contributed by atoms with Crippen LogP contribution in [0.25, 0.3) is 0 Å². The minimum atomic E-state index is -0.296. The van der Waals surface area contributed by atoms with Gasteiger partial charge in [0.05, 0.1) is 13.5 Å². The van der Waals surface area contributed by atoms with Crippen LogP contribution in [0, 0.1) is 0 Å². The SMILES string of the molecule is COC(=O)CC(C)NC(=O)CCC1CCCN1. The quantitative estimate of drug-likeness (QED) is 0.669. The zero-order valence-electron chi connectivity index (χ0n) is 10.6. The molecular weight excluding hydrogens is 220 g/mol. The van der Waals surface area contributed by atoms with Gasteiger partial charge in [0, 0.05) is 18.5 Å². The summed E-state index contributed by atoms with van der Waals surface area (Å²) in [6.07, 6.45) is 3.97. The summed E-state index contributed by atoms with van der Waals surface area (Å²) >= 11 is 0. The summed E-state index contributed by atoms with van der Waals surface area (Å²) in [6.45, 7) is 2.87. The van der Waals surface area contributed by atoms with Gasteiger partial charge in [-0.05, 0) is 32.7 Å². The lowest BCUT2D eigenvalue weighted by atomic mass is 10.1. The second-order valence-electron chi connectivity index (χ2n) is 4.58. The van der Waals surface area contributed by atoms with Crippen molar-refractivity contribution in [1.82, 2.24) is 10.6 Å². The summed E-state index contributed by atoms with van der Waals surface area (Å²) in [5.41, 5.74) is 0. The molecule has 98 valence electrons. The molecule has 1 saturated heterocycles. The highest BCUT2D eigenvalue weighted by atomic mass is 16.5. The second kappa shape index (κ2) is 7.27. The number of hydrogen-bond acceptors (Lipinski definition) is 4. The molecule has 1 aliphatic rings.